The van der Waals surface area contributed by atoms with Crippen molar-refractivity contribution in [2.24, 2.45) is 4.99 Å². The molecule has 40 heavy (non-hydrogen) atoms. The number of ether oxygens (including phenoxy) is 2. The summed E-state index contributed by atoms with van der Waals surface area (Å²) in [5.41, 5.74) is 2.42. The van der Waals surface area contributed by atoms with E-state index >= 15 is 0 Å². The Morgan fingerprint density at radius 2 is 1.65 bits per heavy atom. The highest BCUT2D eigenvalue weighted by Gasteiger charge is 2.17. The molecule has 0 unspecified atom stereocenters. The maximum atomic E-state index is 13.1. The van der Waals surface area contributed by atoms with Gasteiger partial charge in [-0.15, -0.1) is 0 Å². The Balaban J connectivity index is 0. The molecule has 0 aliphatic carbocycles. The number of hydrogen-bond acceptors (Lipinski definition) is 6. The molecule has 0 aliphatic rings. The number of aliphatic hydroxyl groups excluding tert-OH is 1. The van der Waals surface area contributed by atoms with Crippen molar-refractivity contribution in [3.05, 3.63) is 107 Å². The van der Waals surface area contributed by atoms with Gasteiger partial charge in [-0.1, -0.05) is 68.5 Å². The first-order chi connectivity index (χ1) is 19.4. The molecule has 0 bridgehead atoms. The maximum absolute atomic E-state index is 13.1. The molecule has 220 valence electrons. The zero-order valence-electron chi connectivity index (χ0n) is 24.1. The van der Waals surface area contributed by atoms with Crippen LogP contribution in [0.25, 0.3) is 0 Å². The molecule has 9 heteroatoms. The fourth-order valence-corrected chi connectivity index (χ4v) is 2.83. The molecule has 2 N–H and O–H groups in total. The van der Waals surface area contributed by atoms with Crippen LogP contribution in [0.4, 0.5) is 4.39 Å². The van der Waals surface area contributed by atoms with E-state index in [1.165, 1.54) is 30.4 Å². The molecule has 0 aliphatic heterocycles. The number of carboxylic acid groups (broad SMARTS) is 1. The van der Waals surface area contributed by atoms with Crippen molar-refractivity contribution in [2.75, 3.05) is 26.8 Å². The number of methoxy groups -OCH3 is 1. The number of carbonyl (C=O) groups excluding carboxylic acids is 1. The number of rotatable bonds is 12. The Hall–Kier alpha value is -4.24. The molecule has 0 spiro atoms. The average Bonchev–Trinajstić information content (AvgIpc) is 2.97. The first kappa shape index (κ1) is 37.9. The minimum absolute atomic E-state index is 0.201. The number of benzene rings is 2. The van der Waals surface area contributed by atoms with Gasteiger partial charge < -0.3 is 24.6 Å². The summed E-state index contributed by atoms with van der Waals surface area (Å²) in [4.78, 5) is 26.9. The second kappa shape index (κ2) is 26.4. The molecule has 2 aromatic rings. The third-order valence-electron chi connectivity index (χ3n) is 4.62. The van der Waals surface area contributed by atoms with Crippen molar-refractivity contribution in [1.82, 2.24) is 4.90 Å². The molecule has 0 heterocycles. The SMILES string of the molecule is C=NC/C(OCc1ccccc1)=C(/C)C(=O)N(/C=C\OC)C/C=C/Cc1ccc(F)cc1.CC.CCO.O=CO. The summed E-state index contributed by atoms with van der Waals surface area (Å²) >= 11 is 0. The number of amides is 1. The maximum Gasteiger partial charge on any atom is 0.290 e. The Bertz CT molecular complexity index is 1020. The Kier molecular flexibility index (Phi) is 25.0. The van der Waals surface area contributed by atoms with Crippen LogP contribution in [-0.2, 0) is 32.1 Å². The van der Waals surface area contributed by atoms with Gasteiger partial charge in [0, 0.05) is 19.4 Å². The molecule has 2 rings (SSSR count). The number of nitrogens with zero attached hydrogens (tertiary/aromatic N) is 2. The highest BCUT2D eigenvalue weighted by atomic mass is 19.1. The topological polar surface area (TPSA) is 109 Å². The third-order valence-corrected chi connectivity index (χ3v) is 4.62. The molecule has 0 aromatic heterocycles. The van der Waals surface area contributed by atoms with Crippen LogP contribution in [0.1, 0.15) is 38.8 Å². The monoisotopic (exact) mass is 558 g/mol. The second-order valence-corrected chi connectivity index (χ2v) is 7.41. The van der Waals surface area contributed by atoms with Gasteiger partial charge in [0.15, 0.2) is 0 Å². The molecule has 0 saturated heterocycles. The first-order valence-electron chi connectivity index (χ1n) is 12.8. The van der Waals surface area contributed by atoms with Crippen LogP contribution < -0.4 is 0 Å². The summed E-state index contributed by atoms with van der Waals surface area (Å²) in [6.07, 6.45) is 7.46. The van der Waals surface area contributed by atoms with E-state index < -0.39 is 0 Å². The summed E-state index contributed by atoms with van der Waals surface area (Å²) < 4.78 is 23.9. The van der Waals surface area contributed by atoms with E-state index in [4.69, 9.17) is 24.5 Å². The molecule has 8 nitrogen and oxygen atoms in total. The van der Waals surface area contributed by atoms with Crippen molar-refractivity contribution in [3.63, 3.8) is 0 Å². The normalized spacial score (nSPS) is 10.5. The Labute approximate surface area is 237 Å². The lowest BCUT2D eigenvalue weighted by atomic mass is 10.1. The van der Waals surface area contributed by atoms with E-state index in [0.717, 1.165) is 11.1 Å². The molecular formula is C31H43FN2O6. The number of allylic oxidation sites excluding steroid dienone is 1. The number of halogens is 1. The van der Waals surface area contributed by atoms with E-state index in [1.54, 1.807) is 32.2 Å². The standard InChI is InChI=1S/C26H29FN2O3.C2H6O.C2H6.CH2O2/c1-21(25(19-28-2)32-20-23-10-5-4-6-11-23)26(30)29(17-18-31-3)16-8-7-9-22-12-14-24(27)15-13-22;1-2-3;1-2;2-1-3/h4-8,10-15,17-18H,2,9,16,19-20H2,1,3H3;3H,2H2,1H3;1-2H3;1H,(H,2,3)/b8-7+,18-17-,25-21+;;;. The van der Waals surface area contributed by atoms with Crippen molar-refractivity contribution in [3.8, 4) is 0 Å². The smallest absolute Gasteiger partial charge is 0.290 e. The van der Waals surface area contributed by atoms with E-state index in [9.17, 15) is 9.18 Å². The lowest BCUT2D eigenvalue weighted by molar-refractivity contribution is -0.125. The summed E-state index contributed by atoms with van der Waals surface area (Å²) in [5.74, 6) is -0.0165. The zero-order valence-corrected chi connectivity index (χ0v) is 24.1. The molecule has 0 saturated carbocycles. The summed E-state index contributed by atoms with van der Waals surface area (Å²) in [6.45, 7) is 11.8. The van der Waals surface area contributed by atoms with Gasteiger partial charge in [-0.2, -0.15) is 0 Å². The highest BCUT2D eigenvalue weighted by molar-refractivity contribution is 5.94. The summed E-state index contributed by atoms with van der Waals surface area (Å²) in [6, 6.07) is 16.0. The number of aliphatic hydroxyl groups is 1. The lowest BCUT2D eigenvalue weighted by Gasteiger charge is -2.19. The van der Waals surface area contributed by atoms with Crippen LogP contribution >= 0.6 is 0 Å². The number of aliphatic imine (C=N–C) groups is 1. The number of carbonyl (C=O) groups is 2. The predicted octanol–water partition coefficient (Wildman–Crippen LogP) is 5.79. The van der Waals surface area contributed by atoms with Gasteiger partial charge in [0.05, 0.1) is 25.5 Å². The van der Waals surface area contributed by atoms with Gasteiger partial charge in [0.1, 0.15) is 18.2 Å². The quantitative estimate of drug-likeness (QED) is 0.112. The molecule has 2 aromatic carbocycles. The van der Waals surface area contributed by atoms with Crippen LogP contribution in [0.5, 0.6) is 0 Å². The van der Waals surface area contributed by atoms with Crippen LogP contribution in [0.2, 0.25) is 0 Å². The first-order valence-corrected chi connectivity index (χ1v) is 12.8. The fraction of sp³-hybridized carbons (Fsp3) is 0.323. The largest absolute Gasteiger partial charge is 0.503 e. The van der Waals surface area contributed by atoms with Crippen molar-refractivity contribution in [1.29, 1.82) is 0 Å². The van der Waals surface area contributed by atoms with Crippen LogP contribution in [0, 0.1) is 5.82 Å². The van der Waals surface area contributed by atoms with E-state index in [2.05, 4.69) is 11.7 Å². The van der Waals surface area contributed by atoms with Crippen LogP contribution in [-0.4, -0.2) is 61.0 Å². The van der Waals surface area contributed by atoms with E-state index in [0.29, 0.717) is 30.9 Å². The van der Waals surface area contributed by atoms with Gasteiger partial charge in [-0.3, -0.25) is 14.6 Å². The molecular weight excluding hydrogens is 515 g/mol. The zero-order chi connectivity index (χ0) is 30.6. The highest BCUT2D eigenvalue weighted by Crippen LogP contribution is 2.14. The molecule has 1 amide bonds. The Morgan fingerprint density at radius 3 is 2.17 bits per heavy atom. The van der Waals surface area contributed by atoms with Gasteiger partial charge >= 0.3 is 0 Å². The third kappa shape index (κ3) is 18.1. The van der Waals surface area contributed by atoms with E-state index in [-0.39, 0.29) is 31.3 Å². The fourth-order valence-electron chi connectivity index (χ4n) is 2.83. The van der Waals surface area contributed by atoms with Crippen LogP contribution in [0.3, 0.4) is 0 Å². The number of hydrogen-bond donors (Lipinski definition) is 2. The van der Waals surface area contributed by atoms with E-state index in [1.807, 2.05) is 56.3 Å². The van der Waals surface area contributed by atoms with Gasteiger partial charge in [-0.25, -0.2) is 4.39 Å². The second-order valence-electron chi connectivity index (χ2n) is 7.41. The van der Waals surface area contributed by atoms with Gasteiger partial charge in [0.2, 0.25) is 0 Å². The van der Waals surface area contributed by atoms with Crippen molar-refractivity contribution < 1.29 is 33.7 Å². The van der Waals surface area contributed by atoms with Crippen molar-refractivity contribution >= 4 is 19.1 Å². The Morgan fingerprint density at radius 1 is 1.07 bits per heavy atom. The predicted molar refractivity (Wildman–Crippen MR) is 158 cm³/mol. The summed E-state index contributed by atoms with van der Waals surface area (Å²) in [5, 5.41) is 14.5. The molecule has 0 atom stereocenters. The van der Waals surface area contributed by atoms with Crippen LogP contribution in [0.15, 0.2) is 95.5 Å². The lowest BCUT2D eigenvalue weighted by Crippen LogP contribution is -2.28. The molecule has 0 fully saturated rings. The van der Waals surface area contributed by atoms with Gasteiger partial charge in [0.25, 0.3) is 12.4 Å². The minimum atomic E-state index is -0.263. The van der Waals surface area contributed by atoms with Gasteiger partial charge in [-0.05, 0) is 50.2 Å². The minimum Gasteiger partial charge on any atom is -0.503 e. The average molecular weight is 559 g/mol. The summed E-state index contributed by atoms with van der Waals surface area (Å²) in [7, 11) is 1.52. The molecule has 0 radical (unpaired) electrons. The van der Waals surface area contributed by atoms with Crippen molar-refractivity contribution in [2.45, 2.75) is 40.7 Å².